The van der Waals surface area contributed by atoms with Crippen molar-refractivity contribution in [2.45, 2.75) is 0 Å². The normalized spacial score (nSPS) is 10.3. The minimum atomic E-state index is 0.831. The molecule has 3 nitrogen and oxygen atoms in total. The molecule has 0 radical (unpaired) electrons. The number of rotatable bonds is 3. The third-order valence-corrected chi connectivity index (χ3v) is 3.32. The fraction of sp³-hybridized carbons (Fsp3) is 0.0500. The van der Waals surface area contributed by atoms with Crippen LogP contribution in [-0.4, -0.2) is 17.3 Å². The predicted molar refractivity (Wildman–Crippen MR) is 92.9 cm³/mol. The van der Waals surface area contributed by atoms with Crippen molar-refractivity contribution in [2.24, 2.45) is 0 Å². The van der Waals surface area contributed by atoms with E-state index in [1.807, 2.05) is 72.8 Å². The molecule has 0 atom stereocenters. The number of aromatic amines is 1. The number of benzene rings is 2. The molecule has 2 aromatic carbocycles. The van der Waals surface area contributed by atoms with Gasteiger partial charge in [0.15, 0.2) is 0 Å². The van der Waals surface area contributed by atoms with Crippen molar-refractivity contribution >= 4 is 6.08 Å². The van der Waals surface area contributed by atoms with E-state index < -0.39 is 0 Å². The molecule has 0 unspecified atom stereocenters. The molecular formula is C20H16N2O. The number of hydrogen-bond acceptors (Lipinski definition) is 2. The van der Waals surface area contributed by atoms with Crippen LogP contribution in [0, 0.1) is 11.8 Å². The van der Waals surface area contributed by atoms with Crippen LogP contribution in [-0.2, 0) is 0 Å². The Kier molecular flexibility index (Phi) is 4.56. The van der Waals surface area contributed by atoms with Crippen molar-refractivity contribution in [2.75, 3.05) is 7.11 Å². The zero-order valence-electron chi connectivity index (χ0n) is 12.8. The van der Waals surface area contributed by atoms with E-state index in [9.17, 15) is 0 Å². The first-order valence-electron chi connectivity index (χ1n) is 7.28. The smallest absolute Gasteiger partial charge is 0.118 e. The van der Waals surface area contributed by atoms with E-state index in [2.05, 4.69) is 22.0 Å². The molecule has 1 N–H and O–H groups in total. The molecule has 0 aliphatic rings. The van der Waals surface area contributed by atoms with Gasteiger partial charge < -0.3 is 4.74 Å². The number of methoxy groups -OCH3 is 1. The molecule has 0 aliphatic heterocycles. The Bertz CT molecular complexity index is 850. The summed E-state index contributed by atoms with van der Waals surface area (Å²) in [4.78, 5) is 0. The van der Waals surface area contributed by atoms with Crippen molar-refractivity contribution in [3.8, 4) is 28.8 Å². The van der Waals surface area contributed by atoms with Crippen molar-refractivity contribution in [1.82, 2.24) is 10.2 Å². The first kappa shape index (κ1) is 14.7. The third-order valence-electron chi connectivity index (χ3n) is 3.32. The average molecular weight is 300 g/mol. The van der Waals surface area contributed by atoms with E-state index in [1.54, 1.807) is 7.11 Å². The first-order valence-corrected chi connectivity index (χ1v) is 7.28. The second-order valence-electron chi connectivity index (χ2n) is 4.91. The van der Waals surface area contributed by atoms with Crippen LogP contribution in [0.2, 0.25) is 0 Å². The van der Waals surface area contributed by atoms with Crippen LogP contribution in [0.3, 0.4) is 0 Å². The zero-order chi connectivity index (χ0) is 15.9. The van der Waals surface area contributed by atoms with E-state index in [4.69, 9.17) is 4.74 Å². The molecule has 0 fully saturated rings. The Morgan fingerprint density at radius 3 is 2.57 bits per heavy atom. The van der Waals surface area contributed by atoms with Gasteiger partial charge in [0.2, 0.25) is 0 Å². The standard InChI is InChI=1S/C20H16N2O/c1-23-19-13-11-16(12-14-19)7-5-6-10-18-15-20(22-21-18)17-8-3-2-4-9-17/h2-4,6,8-15H,1H3,(H,21,22)/b10-6-. The lowest BCUT2D eigenvalue weighted by molar-refractivity contribution is 0.415. The maximum atomic E-state index is 5.12. The molecule has 112 valence electrons. The third kappa shape index (κ3) is 3.90. The average Bonchev–Trinajstić information content (AvgIpc) is 3.09. The topological polar surface area (TPSA) is 37.9 Å². The van der Waals surface area contributed by atoms with Crippen LogP contribution in [0.5, 0.6) is 5.75 Å². The summed E-state index contributed by atoms with van der Waals surface area (Å²) in [5.74, 6) is 6.93. The fourth-order valence-electron chi connectivity index (χ4n) is 2.11. The minimum absolute atomic E-state index is 0.831. The Morgan fingerprint density at radius 1 is 1.04 bits per heavy atom. The van der Waals surface area contributed by atoms with Gasteiger partial charge in [0.25, 0.3) is 0 Å². The number of nitrogens with one attached hydrogen (secondary N) is 1. The summed E-state index contributed by atoms with van der Waals surface area (Å²) in [5.41, 5.74) is 3.89. The predicted octanol–water partition coefficient (Wildman–Crippen LogP) is 4.15. The van der Waals surface area contributed by atoms with Crippen LogP contribution in [0.15, 0.2) is 66.7 Å². The summed E-state index contributed by atoms with van der Waals surface area (Å²) in [6.45, 7) is 0. The number of hydrogen-bond donors (Lipinski definition) is 1. The van der Waals surface area contributed by atoms with E-state index >= 15 is 0 Å². The SMILES string of the molecule is COc1ccc(C#C/C=C\c2cc(-c3ccccc3)n[nH]2)cc1. The highest BCUT2D eigenvalue weighted by Gasteiger charge is 2.00. The molecule has 1 heterocycles. The number of H-pyrrole nitrogens is 1. The molecule has 1 aromatic heterocycles. The lowest BCUT2D eigenvalue weighted by atomic mass is 10.1. The number of aromatic nitrogens is 2. The molecule has 3 aromatic rings. The summed E-state index contributed by atoms with van der Waals surface area (Å²) in [5, 5.41) is 7.30. The van der Waals surface area contributed by atoms with E-state index in [0.717, 1.165) is 28.3 Å². The Morgan fingerprint density at radius 2 is 1.83 bits per heavy atom. The van der Waals surface area contributed by atoms with Crippen molar-refractivity contribution in [3.05, 3.63) is 78.0 Å². The molecule has 23 heavy (non-hydrogen) atoms. The molecular weight excluding hydrogens is 284 g/mol. The van der Waals surface area contributed by atoms with Crippen molar-refractivity contribution in [1.29, 1.82) is 0 Å². The van der Waals surface area contributed by atoms with Crippen LogP contribution in [0.1, 0.15) is 11.3 Å². The minimum Gasteiger partial charge on any atom is -0.497 e. The zero-order valence-corrected chi connectivity index (χ0v) is 12.8. The van der Waals surface area contributed by atoms with Gasteiger partial charge in [-0.05, 0) is 42.5 Å². The van der Waals surface area contributed by atoms with Gasteiger partial charge in [-0.2, -0.15) is 5.10 Å². The van der Waals surface area contributed by atoms with Gasteiger partial charge in [0.1, 0.15) is 5.75 Å². The first-order chi connectivity index (χ1) is 11.3. The molecule has 3 rings (SSSR count). The largest absolute Gasteiger partial charge is 0.497 e. The fourth-order valence-corrected chi connectivity index (χ4v) is 2.11. The molecule has 0 spiro atoms. The van der Waals surface area contributed by atoms with Gasteiger partial charge in [-0.1, -0.05) is 42.2 Å². The van der Waals surface area contributed by atoms with Gasteiger partial charge in [-0.3, -0.25) is 5.10 Å². The van der Waals surface area contributed by atoms with Crippen LogP contribution in [0.4, 0.5) is 0 Å². The highest BCUT2D eigenvalue weighted by Crippen LogP contribution is 2.17. The summed E-state index contributed by atoms with van der Waals surface area (Å²) in [6, 6.07) is 19.7. The lowest BCUT2D eigenvalue weighted by Gasteiger charge is -1.97. The molecule has 0 amide bonds. The summed E-state index contributed by atoms with van der Waals surface area (Å²) in [6.07, 6.45) is 3.72. The Balaban J connectivity index is 1.67. The van der Waals surface area contributed by atoms with Crippen LogP contribution >= 0.6 is 0 Å². The lowest BCUT2D eigenvalue weighted by Crippen LogP contribution is -1.81. The van der Waals surface area contributed by atoms with Gasteiger partial charge in [0.05, 0.1) is 18.5 Å². The number of ether oxygens (including phenoxy) is 1. The molecule has 0 bridgehead atoms. The molecule has 0 saturated carbocycles. The number of nitrogens with zero attached hydrogens (tertiary/aromatic N) is 1. The number of allylic oxidation sites excluding steroid dienone is 1. The van der Waals surface area contributed by atoms with E-state index in [-0.39, 0.29) is 0 Å². The van der Waals surface area contributed by atoms with Crippen molar-refractivity contribution < 1.29 is 4.74 Å². The summed E-state index contributed by atoms with van der Waals surface area (Å²) >= 11 is 0. The van der Waals surface area contributed by atoms with Gasteiger partial charge in [0, 0.05) is 11.1 Å². The molecule has 0 saturated heterocycles. The van der Waals surface area contributed by atoms with Crippen molar-refractivity contribution in [3.63, 3.8) is 0 Å². The van der Waals surface area contributed by atoms with Gasteiger partial charge in [-0.15, -0.1) is 0 Å². The van der Waals surface area contributed by atoms with Crippen LogP contribution < -0.4 is 4.74 Å². The molecule has 3 heteroatoms. The maximum Gasteiger partial charge on any atom is 0.118 e. The summed E-state index contributed by atoms with van der Waals surface area (Å²) < 4.78 is 5.12. The monoisotopic (exact) mass is 300 g/mol. The Hall–Kier alpha value is -3.25. The highest BCUT2D eigenvalue weighted by molar-refractivity contribution is 5.63. The second-order valence-corrected chi connectivity index (χ2v) is 4.91. The van der Waals surface area contributed by atoms with E-state index in [0.29, 0.717) is 0 Å². The molecule has 0 aliphatic carbocycles. The summed E-state index contributed by atoms with van der Waals surface area (Å²) in [7, 11) is 1.65. The Labute approximate surface area is 135 Å². The van der Waals surface area contributed by atoms with Gasteiger partial charge in [-0.25, -0.2) is 0 Å². The van der Waals surface area contributed by atoms with Crippen LogP contribution in [0.25, 0.3) is 17.3 Å². The second kappa shape index (κ2) is 7.15. The maximum absolute atomic E-state index is 5.12. The van der Waals surface area contributed by atoms with Gasteiger partial charge >= 0.3 is 0 Å². The highest BCUT2D eigenvalue weighted by atomic mass is 16.5. The van der Waals surface area contributed by atoms with E-state index in [1.165, 1.54) is 0 Å². The quantitative estimate of drug-likeness (QED) is 0.738.